The number of hydrogen-bond donors (Lipinski definition) is 0. The first-order valence-electron chi connectivity index (χ1n) is 7.81. The van der Waals surface area contributed by atoms with Gasteiger partial charge in [-0.25, -0.2) is 9.98 Å². The third-order valence-corrected chi connectivity index (χ3v) is 4.81. The summed E-state index contributed by atoms with van der Waals surface area (Å²) in [7, 11) is 1.76. The largest absolute Gasteiger partial charge is 0.229 e. The zero-order valence-corrected chi connectivity index (χ0v) is 12.1. The molecule has 0 saturated heterocycles. The Morgan fingerprint density at radius 1 is 1.00 bits per heavy atom. The molecule has 0 aromatic carbocycles. The highest BCUT2D eigenvalue weighted by atomic mass is 14.8. The van der Waals surface area contributed by atoms with Crippen LogP contribution in [0.3, 0.4) is 0 Å². The van der Waals surface area contributed by atoms with Crippen molar-refractivity contribution in [3.8, 4) is 0 Å². The minimum Gasteiger partial charge on any atom is -0.229 e. The lowest BCUT2D eigenvalue weighted by Crippen LogP contribution is -2.23. The molecule has 0 aromatic rings. The fraction of sp³-hybridized carbons (Fsp3) is 0.938. The third kappa shape index (κ3) is 4.24. The van der Waals surface area contributed by atoms with Gasteiger partial charge in [-0.3, -0.25) is 0 Å². The second-order valence-electron chi connectivity index (χ2n) is 6.51. The van der Waals surface area contributed by atoms with Crippen LogP contribution in [0.25, 0.3) is 0 Å². The van der Waals surface area contributed by atoms with E-state index in [0.717, 1.165) is 17.8 Å². The Bertz CT molecular complexity index is 304. The summed E-state index contributed by atoms with van der Waals surface area (Å²) in [6.07, 6.45) is 12.6. The Labute approximate surface area is 112 Å². The molecule has 0 spiro atoms. The minimum atomic E-state index is 0.508. The van der Waals surface area contributed by atoms with E-state index >= 15 is 0 Å². The monoisotopic (exact) mass is 248 g/mol. The van der Waals surface area contributed by atoms with E-state index in [-0.39, 0.29) is 0 Å². The van der Waals surface area contributed by atoms with Gasteiger partial charge in [0, 0.05) is 7.05 Å². The first kappa shape index (κ1) is 13.8. The second-order valence-corrected chi connectivity index (χ2v) is 6.51. The van der Waals surface area contributed by atoms with Crippen LogP contribution in [0, 0.1) is 17.8 Å². The molecule has 2 heteroatoms. The van der Waals surface area contributed by atoms with Crippen LogP contribution in [0.2, 0.25) is 0 Å². The Hall–Kier alpha value is -0.620. The van der Waals surface area contributed by atoms with Crippen molar-refractivity contribution in [1.29, 1.82) is 0 Å². The van der Waals surface area contributed by atoms with Crippen molar-refractivity contribution >= 4 is 6.01 Å². The van der Waals surface area contributed by atoms with Crippen molar-refractivity contribution in [3.05, 3.63) is 0 Å². The molecule has 2 saturated carbocycles. The van der Waals surface area contributed by atoms with Crippen LogP contribution in [0.4, 0.5) is 0 Å². The lowest BCUT2D eigenvalue weighted by Gasteiger charge is -2.33. The highest BCUT2D eigenvalue weighted by Crippen LogP contribution is 2.37. The summed E-state index contributed by atoms with van der Waals surface area (Å²) in [6, 6.07) is 3.31. The average molecular weight is 248 g/mol. The van der Waals surface area contributed by atoms with Crippen LogP contribution in [-0.4, -0.2) is 19.1 Å². The first-order chi connectivity index (χ1) is 8.78. The lowest BCUT2D eigenvalue weighted by atomic mass is 9.74. The molecule has 0 heterocycles. The van der Waals surface area contributed by atoms with Gasteiger partial charge < -0.3 is 0 Å². The van der Waals surface area contributed by atoms with Gasteiger partial charge in [-0.2, -0.15) is 0 Å². The zero-order valence-electron chi connectivity index (χ0n) is 12.1. The summed E-state index contributed by atoms with van der Waals surface area (Å²) in [4.78, 5) is 8.31. The number of aliphatic imine (C=N–C) groups is 2. The summed E-state index contributed by atoms with van der Waals surface area (Å²) < 4.78 is 0. The van der Waals surface area contributed by atoms with E-state index in [1.807, 2.05) is 0 Å². The van der Waals surface area contributed by atoms with Crippen molar-refractivity contribution in [1.82, 2.24) is 0 Å². The Balaban J connectivity index is 1.80. The van der Waals surface area contributed by atoms with Crippen LogP contribution >= 0.6 is 0 Å². The van der Waals surface area contributed by atoms with E-state index in [1.165, 1.54) is 57.8 Å². The second kappa shape index (κ2) is 7.09. The third-order valence-electron chi connectivity index (χ3n) is 4.81. The molecule has 2 fully saturated rings. The molecule has 0 N–H and O–H groups in total. The molecule has 4 unspecified atom stereocenters. The van der Waals surface area contributed by atoms with Crippen LogP contribution in [-0.2, 0) is 0 Å². The summed E-state index contributed by atoms with van der Waals surface area (Å²) in [6.45, 7) is 2.43. The lowest BCUT2D eigenvalue weighted by molar-refractivity contribution is 0.205. The molecule has 0 aliphatic heterocycles. The summed E-state index contributed by atoms with van der Waals surface area (Å²) in [5.41, 5.74) is 0. The quantitative estimate of drug-likeness (QED) is 0.654. The summed E-state index contributed by atoms with van der Waals surface area (Å²) in [5, 5.41) is 0. The average Bonchev–Trinajstić information content (AvgIpc) is 2.37. The van der Waals surface area contributed by atoms with E-state index in [0.29, 0.717) is 6.04 Å². The molecule has 2 aliphatic carbocycles. The number of hydrogen-bond acceptors (Lipinski definition) is 2. The van der Waals surface area contributed by atoms with Gasteiger partial charge in [0.1, 0.15) is 0 Å². The maximum atomic E-state index is 4.44. The highest BCUT2D eigenvalue weighted by molar-refractivity contribution is 5.41. The molecular weight excluding hydrogens is 220 g/mol. The molecule has 18 heavy (non-hydrogen) atoms. The Kier molecular flexibility index (Phi) is 5.44. The fourth-order valence-electron chi connectivity index (χ4n) is 3.98. The van der Waals surface area contributed by atoms with E-state index < -0.39 is 0 Å². The van der Waals surface area contributed by atoms with Crippen LogP contribution in [0.1, 0.15) is 64.7 Å². The molecule has 2 aliphatic rings. The van der Waals surface area contributed by atoms with Crippen LogP contribution in [0.5, 0.6) is 0 Å². The predicted molar refractivity (Wildman–Crippen MR) is 77.3 cm³/mol. The van der Waals surface area contributed by atoms with Crippen molar-refractivity contribution < 1.29 is 0 Å². The number of nitrogens with zero attached hydrogens (tertiary/aromatic N) is 2. The highest BCUT2D eigenvalue weighted by Gasteiger charge is 2.26. The van der Waals surface area contributed by atoms with Gasteiger partial charge in [0.25, 0.3) is 0 Å². The molecular formula is C16H28N2. The number of rotatable bonds is 3. The van der Waals surface area contributed by atoms with Gasteiger partial charge in [0.05, 0.1) is 12.1 Å². The van der Waals surface area contributed by atoms with Gasteiger partial charge in [-0.05, 0) is 43.4 Å². The molecule has 4 atom stereocenters. The fourth-order valence-corrected chi connectivity index (χ4v) is 3.98. The van der Waals surface area contributed by atoms with Crippen molar-refractivity contribution in [3.63, 3.8) is 0 Å². The van der Waals surface area contributed by atoms with Crippen molar-refractivity contribution in [2.45, 2.75) is 70.8 Å². The Morgan fingerprint density at radius 3 is 2.44 bits per heavy atom. The van der Waals surface area contributed by atoms with Gasteiger partial charge in [-0.15, -0.1) is 0 Å². The molecule has 102 valence electrons. The van der Waals surface area contributed by atoms with E-state index in [9.17, 15) is 0 Å². The molecule has 0 bridgehead atoms. The Morgan fingerprint density at radius 2 is 1.72 bits per heavy atom. The van der Waals surface area contributed by atoms with Crippen LogP contribution in [0.15, 0.2) is 9.98 Å². The topological polar surface area (TPSA) is 24.7 Å². The molecule has 0 aromatic heterocycles. The summed E-state index contributed by atoms with van der Waals surface area (Å²) >= 11 is 0. The van der Waals surface area contributed by atoms with Crippen molar-refractivity contribution in [2.75, 3.05) is 7.05 Å². The molecule has 0 amide bonds. The van der Waals surface area contributed by atoms with Gasteiger partial charge in [0.15, 0.2) is 0 Å². The van der Waals surface area contributed by atoms with E-state index in [2.05, 4.69) is 22.9 Å². The molecule has 2 nitrogen and oxygen atoms in total. The smallest absolute Gasteiger partial charge is 0.0892 e. The predicted octanol–water partition coefficient (Wildman–Crippen LogP) is 4.57. The van der Waals surface area contributed by atoms with Gasteiger partial charge in [0.2, 0.25) is 0 Å². The maximum absolute atomic E-state index is 4.44. The standard InChI is InChI=1S/C16H28N2/c1-13-5-3-6-14(9-13)10-15-7-4-8-16(11-15)18-12-17-2/h13-16H,3-11H2,1-2H3. The maximum Gasteiger partial charge on any atom is 0.0892 e. The normalized spacial score (nSPS) is 36.8. The first-order valence-corrected chi connectivity index (χ1v) is 7.81. The molecule has 0 radical (unpaired) electrons. The SMILES string of the molecule is CN=C=NC1CCCC(CC2CCCC(C)C2)C1. The van der Waals surface area contributed by atoms with Gasteiger partial charge >= 0.3 is 0 Å². The zero-order chi connectivity index (χ0) is 12.8. The van der Waals surface area contributed by atoms with E-state index in [4.69, 9.17) is 0 Å². The summed E-state index contributed by atoms with van der Waals surface area (Å²) in [5.74, 6) is 2.89. The van der Waals surface area contributed by atoms with Crippen LogP contribution < -0.4 is 0 Å². The van der Waals surface area contributed by atoms with Gasteiger partial charge in [-0.1, -0.05) is 39.0 Å². The van der Waals surface area contributed by atoms with Crippen molar-refractivity contribution in [2.24, 2.45) is 27.7 Å². The molecule has 2 rings (SSSR count). The minimum absolute atomic E-state index is 0.508. The van der Waals surface area contributed by atoms with E-state index in [1.54, 1.807) is 7.05 Å².